The van der Waals surface area contributed by atoms with Gasteiger partial charge in [-0.2, -0.15) is 0 Å². The predicted molar refractivity (Wildman–Crippen MR) is 81.2 cm³/mol. The summed E-state index contributed by atoms with van der Waals surface area (Å²) < 4.78 is 1.26. The smallest absolute Gasteiger partial charge is 0.125 e. The van der Waals surface area contributed by atoms with Gasteiger partial charge in [0, 0.05) is 22.4 Å². The van der Waals surface area contributed by atoms with E-state index in [-0.39, 0.29) is 0 Å². The molecule has 0 amide bonds. The first-order chi connectivity index (χ1) is 8.65. The molecule has 4 heteroatoms. The number of halogens is 1. The van der Waals surface area contributed by atoms with Gasteiger partial charge in [0.1, 0.15) is 5.82 Å². The van der Waals surface area contributed by atoms with Crippen LogP contribution in [0.5, 0.6) is 0 Å². The van der Waals surface area contributed by atoms with Gasteiger partial charge in [-0.3, -0.25) is 0 Å². The Morgan fingerprint density at radius 2 is 1.94 bits per heavy atom. The van der Waals surface area contributed by atoms with Crippen molar-refractivity contribution in [1.29, 1.82) is 0 Å². The van der Waals surface area contributed by atoms with E-state index in [1.807, 2.05) is 13.0 Å². The van der Waals surface area contributed by atoms with Crippen LogP contribution in [0.4, 0.5) is 0 Å². The van der Waals surface area contributed by atoms with Crippen LogP contribution in [0.15, 0.2) is 36.5 Å². The number of rotatable bonds is 4. The summed E-state index contributed by atoms with van der Waals surface area (Å²) in [5.74, 6) is 0.816. The van der Waals surface area contributed by atoms with Crippen molar-refractivity contribution in [3.05, 3.63) is 57.2 Å². The third kappa shape index (κ3) is 3.74. The van der Waals surface area contributed by atoms with Gasteiger partial charge in [-0.15, -0.1) is 0 Å². The van der Waals surface area contributed by atoms with E-state index >= 15 is 0 Å². The Kier molecular flexibility index (Phi) is 4.66. The second-order valence-corrected chi connectivity index (χ2v) is 5.49. The lowest BCUT2D eigenvalue weighted by atomic mass is 10.1. The molecule has 2 rings (SSSR count). The molecule has 1 unspecified atom stereocenters. The Bertz CT molecular complexity index is 511. The van der Waals surface area contributed by atoms with Crippen LogP contribution < -0.4 is 5.32 Å². The number of hydrogen-bond donors (Lipinski definition) is 1. The van der Waals surface area contributed by atoms with Crippen molar-refractivity contribution in [1.82, 2.24) is 15.3 Å². The molecule has 0 saturated carbocycles. The summed E-state index contributed by atoms with van der Waals surface area (Å²) in [5.41, 5.74) is 2.32. The fourth-order valence-electron chi connectivity index (χ4n) is 1.73. The molecular weight excluding hydrogens is 337 g/mol. The quantitative estimate of drug-likeness (QED) is 0.858. The minimum absolute atomic E-state index is 0.317. The summed E-state index contributed by atoms with van der Waals surface area (Å²) >= 11 is 2.32. The molecule has 0 saturated heterocycles. The molecule has 0 aliphatic rings. The Morgan fingerprint density at radius 3 is 2.61 bits per heavy atom. The Hall–Kier alpha value is -1.01. The van der Waals surface area contributed by atoms with Gasteiger partial charge in [-0.25, -0.2) is 9.97 Å². The van der Waals surface area contributed by atoms with Gasteiger partial charge in [-0.05, 0) is 60.2 Å². The van der Waals surface area contributed by atoms with Gasteiger partial charge < -0.3 is 5.32 Å². The van der Waals surface area contributed by atoms with E-state index in [2.05, 4.69) is 69.1 Å². The lowest BCUT2D eigenvalue weighted by Gasteiger charge is -2.14. The van der Waals surface area contributed by atoms with Crippen LogP contribution in [-0.4, -0.2) is 9.97 Å². The van der Waals surface area contributed by atoms with Crippen LogP contribution >= 0.6 is 22.6 Å². The average Bonchev–Trinajstić information content (AvgIpc) is 2.37. The number of aromatic nitrogens is 2. The second kappa shape index (κ2) is 6.24. The Labute approximate surface area is 121 Å². The lowest BCUT2D eigenvalue weighted by molar-refractivity contribution is 0.566. The van der Waals surface area contributed by atoms with Gasteiger partial charge in [0.2, 0.25) is 0 Å². The van der Waals surface area contributed by atoms with E-state index in [1.54, 1.807) is 6.20 Å². The van der Waals surface area contributed by atoms with Gasteiger partial charge in [0.05, 0.1) is 5.69 Å². The van der Waals surface area contributed by atoms with Crippen LogP contribution in [0.2, 0.25) is 0 Å². The molecule has 0 spiro atoms. The van der Waals surface area contributed by atoms with Crippen LogP contribution in [-0.2, 0) is 6.54 Å². The third-order valence-electron chi connectivity index (χ3n) is 2.79. The first-order valence-electron chi connectivity index (χ1n) is 5.92. The van der Waals surface area contributed by atoms with Crippen LogP contribution in [0.25, 0.3) is 0 Å². The molecule has 18 heavy (non-hydrogen) atoms. The van der Waals surface area contributed by atoms with E-state index in [9.17, 15) is 0 Å². The topological polar surface area (TPSA) is 37.8 Å². The van der Waals surface area contributed by atoms with Crippen LogP contribution in [0.3, 0.4) is 0 Å². The maximum Gasteiger partial charge on any atom is 0.125 e. The van der Waals surface area contributed by atoms with E-state index in [0.717, 1.165) is 18.1 Å². The molecule has 1 aromatic carbocycles. The van der Waals surface area contributed by atoms with Gasteiger partial charge >= 0.3 is 0 Å². The highest BCUT2D eigenvalue weighted by Crippen LogP contribution is 2.14. The minimum Gasteiger partial charge on any atom is -0.305 e. The van der Waals surface area contributed by atoms with E-state index in [4.69, 9.17) is 0 Å². The molecule has 1 heterocycles. The zero-order valence-electron chi connectivity index (χ0n) is 10.5. The first kappa shape index (κ1) is 13.4. The first-order valence-corrected chi connectivity index (χ1v) is 7.00. The van der Waals surface area contributed by atoms with Crippen LogP contribution in [0, 0.1) is 10.5 Å². The van der Waals surface area contributed by atoms with E-state index < -0.39 is 0 Å². The van der Waals surface area contributed by atoms with Crippen molar-refractivity contribution in [3.63, 3.8) is 0 Å². The van der Waals surface area contributed by atoms with E-state index in [1.165, 1.54) is 9.13 Å². The fourth-order valence-corrected chi connectivity index (χ4v) is 2.09. The summed E-state index contributed by atoms with van der Waals surface area (Å²) in [6, 6.07) is 10.8. The number of aryl methyl sites for hydroxylation is 1. The monoisotopic (exact) mass is 353 g/mol. The molecular formula is C14H16IN3. The van der Waals surface area contributed by atoms with Crippen molar-refractivity contribution >= 4 is 22.6 Å². The van der Waals surface area contributed by atoms with Gasteiger partial charge in [-0.1, -0.05) is 12.1 Å². The van der Waals surface area contributed by atoms with Gasteiger partial charge in [0.25, 0.3) is 0 Å². The molecule has 1 aromatic heterocycles. The highest BCUT2D eigenvalue weighted by atomic mass is 127. The highest BCUT2D eigenvalue weighted by molar-refractivity contribution is 14.1. The summed E-state index contributed by atoms with van der Waals surface area (Å²) in [6.07, 6.45) is 1.80. The van der Waals surface area contributed by atoms with Crippen LogP contribution in [0.1, 0.15) is 30.0 Å². The molecule has 0 aliphatic carbocycles. The van der Waals surface area contributed by atoms with Crippen molar-refractivity contribution < 1.29 is 0 Å². The van der Waals surface area contributed by atoms with Crippen molar-refractivity contribution in [3.8, 4) is 0 Å². The molecule has 0 fully saturated rings. The summed E-state index contributed by atoms with van der Waals surface area (Å²) in [7, 11) is 0. The van der Waals surface area contributed by atoms with E-state index in [0.29, 0.717) is 6.04 Å². The molecule has 0 aliphatic heterocycles. The molecule has 0 radical (unpaired) electrons. The molecule has 3 nitrogen and oxygen atoms in total. The summed E-state index contributed by atoms with van der Waals surface area (Å²) in [4.78, 5) is 8.47. The lowest BCUT2D eigenvalue weighted by Crippen LogP contribution is -2.19. The fraction of sp³-hybridized carbons (Fsp3) is 0.286. The average molecular weight is 353 g/mol. The second-order valence-electron chi connectivity index (χ2n) is 4.25. The molecule has 2 aromatic rings. The third-order valence-corrected chi connectivity index (χ3v) is 3.51. The number of nitrogens with zero attached hydrogens (tertiary/aromatic N) is 2. The molecule has 1 atom stereocenters. The van der Waals surface area contributed by atoms with Crippen molar-refractivity contribution in [2.24, 2.45) is 0 Å². The van der Waals surface area contributed by atoms with Crippen molar-refractivity contribution in [2.75, 3.05) is 0 Å². The maximum absolute atomic E-state index is 4.38. The largest absolute Gasteiger partial charge is 0.305 e. The zero-order chi connectivity index (χ0) is 13.0. The molecule has 94 valence electrons. The number of benzene rings is 1. The predicted octanol–water partition coefficient (Wildman–Crippen LogP) is 3.24. The SMILES string of the molecule is Cc1nccc(CNC(C)c2ccc(I)cc2)n1. The van der Waals surface area contributed by atoms with Gasteiger partial charge in [0.15, 0.2) is 0 Å². The number of hydrogen-bond acceptors (Lipinski definition) is 3. The Morgan fingerprint density at radius 1 is 1.22 bits per heavy atom. The maximum atomic E-state index is 4.38. The molecule has 1 N–H and O–H groups in total. The zero-order valence-corrected chi connectivity index (χ0v) is 12.7. The number of nitrogens with one attached hydrogen (secondary N) is 1. The van der Waals surface area contributed by atoms with Crippen molar-refractivity contribution in [2.45, 2.75) is 26.4 Å². The Balaban J connectivity index is 1.96. The standard InChI is InChI=1S/C14H16IN3/c1-10(12-3-5-13(15)6-4-12)17-9-14-7-8-16-11(2)18-14/h3-8,10,17H,9H2,1-2H3. The normalized spacial score (nSPS) is 12.4. The summed E-state index contributed by atoms with van der Waals surface area (Å²) in [6.45, 7) is 4.83. The minimum atomic E-state index is 0.317. The summed E-state index contributed by atoms with van der Waals surface area (Å²) in [5, 5.41) is 3.47. The highest BCUT2D eigenvalue weighted by Gasteiger charge is 2.05. The molecule has 0 bridgehead atoms.